The third kappa shape index (κ3) is 4.03. The minimum atomic E-state index is -2.86. The van der Waals surface area contributed by atoms with Gasteiger partial charge in [0.25, 0.3) is 5.92 Å². The van der Waals surface area contributed by atoms with Gasteiger partial charge < -0.3 is 15.6 Å². The zero-order chi connectivity index (χ0) is 24.0. The van der Waals surface area contributed by atoms with Gasteiger partial charge in [0, 0.05) is 51.2 Å². The molecular formula is C25H28F3N5O. The van der Waals surface area contributed by atoms with E-state index in [4.69, 9.17) is 0 Å². The molecular weight excluding hydrogens is 443 g/mol. The molecule has 6 nitrogen and oxygen atoms in total. The van der Waals surface area contributed by atoms with E-state index in [1.165, 1.54) is 6.07 Å². The van der Waals surface area contributed by atoms with Gasteiger partial charge in [-0.2, -0.15) is 0 Å². The SMILES string of the molecule is Cn1c(=O)n(C)c2cc(CN[C@@H]3CC[C@@H](NCc4ccc(F)c5[nH]ccc45)CC3(F)F)ccc21. The Hall–Kier alpha value is -3.04. The number of aromatic amines is 1. The van der Waals surface area contributed by atoms with Gasteiger partial charge in [-0.1, -0.05) is 12.1 Å². The molecule has 1 fully saturated rings. The van der Waals surface area contributed by atoms with Crippen molar-refractivity contribution >= 4 is 21.9 Å². The van der Waals surface area contributed by atoms with Crippen LogP contribution in [-0.2, 0) is 27.2 Å². The monoisotopic (exact) mass is 471 g/mol. The Morgan fingerprint density at radius 1 is 1.03 bits per heavy atom. The molecule has 2 heterocycles. The van der Waals surface area contributed by atoms with Crippen LogP contribution in [0.3, 0.4) is 0 Å². The lowest BCUT2D eigenvalue weighted by molar-refractivity contribution is -0.0734. The van der Waals surface area contributed by atoms with E-state index >= 15 is 0 Å². The number of aromatic nitrogens is 3. The lowest BCUT2D eigenvalue weighted by atomic mass is 9.87. The highest BCUT2D eigenvalue weighted by Gasteiger charge is 2.44. The summed E-state index contributed by atoms with van der Waals surface area (Å²) in [5.41, 5.74) is 3.65. The van der Waals surface area contributed by atoms with E-state index in [0.29, 0.717) is 31.4 Å². The molecule has 1 aliphatic carbocycles. The van der Waals surface area contributed by atoms with Crippen molar-refractivity contribution in [3.8, 4) is 0 Å². The molecule has 3 N–H and O–H groups in total. The van der Waals surface area contributed by atoms with Crippen LogP contribution in [0.1, 0.15) is 30.4 Å². The average Bonchev–Trinajstić information content (AvgIpc) is 3.39. The van der Waals surface area contributed by atoms with Crippen molar-refractivity contribution in [2.45, 2.75) is 50.4 Å². The van der Waals surface area contributed by atoms with Gasteiger partial charge in [0.2, 0.25) is 0 Å². The number of alkyl halides is 2. The molecule has 1 saturated carbocycles. The number of nitrogens with one attached hydrogen (secondary N) is 3. The Labute approximate surface area is 194 Å². The molecule has 0 unspecified atom stereocenters. The lowest BCUT2D eigenvalue weighted by Gasteiger charge is -2.37. The molecule has 1 aliphatic rings. The van der Waals surface area contributed by atoms with E-state index in [1.807, 2.05) is 18.2 Å². The zero-order valence-corrected chi connectivity index (χ0v) is 19.2. The fourth-order valence-corrected chi connectivity index (χ4v) is 5.07. The molecule has 9 heteroatoms. The van der Waals surface area contributed by atoms with Gasteiger partial charge in [0.1, 0.15) is 5.82 Å². The highest BCUT2D eigenvalue weighted by Crippen LogP contribution is 2.34. The van der Waals surface area contributed by atoms with Gasteiger partial charge in [-0.05, 0) is 48.2 Å². The normalized spacial score (nSPS) is 20.4. The number of benzene rings is 2. The molecule has 0 spiro atoms. The second-order valence-corrected chi connectivity index (χ2v) is 9.25. The molecule has 34 heavy (non-hydrogen) atoms. The van der Waals surface area contributed by atoms with Crippen molar-refractivity contribution in [1.82, 2.24) is 24.8 Å². The van der Waals surface area contributed by atoms with Gasteiger partial charge in [-0.3, -0.25) is 9.13 Å². The van der Waals surface area contributed by atoms with Crippen LogP contribution in [-0.4, -0.2) is 32.1 Å². The minimum absolute atomic E-state index is 0.115. The summed E-state index contributed by atoms with van der Waals surface area (Å²) < 4.78 is 47.0. The topological polar surface area (TPSA) is 66.8 Å². The number of hydrogen-bond acceptors (Lipinski definition) is 3. The van der Waals surface area contributed by atoms with Crippen LogP contribution in [0.2, 0.25) is 0 Å². The van der Waals surface area contributed by atoms with Gasteiger partial charge in [0.05, 0.1) is 22.6 Å². The van der Waals surface area contributed by atoms with Crippen molar-refractivity contribution in [3.05, 3.63) is 70.0 Å². The fraction of sp³-hybridized carbons (Fsp3) is 0.400. The van der Waals surface area contributed by atoms with E-state index in [1.54, 1.807) is 41.6 Å². The van der Waals surface area contributed by atoms with Crippen LogP contribution in [0.4, 0.5) is 13.2 Å². The molecule has 0 amide bonds. The van der Waals surface area contributed by atoms with E-state index < -0.39 is 12.0 Å². The Morgan fingerprint density at radius 2 is 1.82 bits per heavy atom. The minimum Gasteiger partial charge on any atom is -0.359 e. The maximum absolute atomic E-state index is 15.0. The van der Waals surface area contributed by atoms with Crippen molar-refractivity contribution < 1.29 is 13.2 Å². The number of H-pyrrole nitrogens is 1. The third-order valence-electron chi connectivity index (χ3n) is 7.06. The average molecular weight is 472 g/mol. The summed E-state index contributed by atoms with van der Waals surface area (Å²) in [4.78, 5) is 15.0. The van der Waals surface area contributed by atoms with Crippen molar-refractivity contribution in [1.29, 1.82) is 0 Å². The van der Waals surface area contributed by atoms with E-state index in [0.717, 1.165) is 27.5 Å². The first-order valence-electron chi connectivity index (χ1n) is 11.5. The van der Waals surface area contributed by atoms with Gasteiger partial charge in [-0.15, -0.1) is 0 Å². The molecule has 4 aromatic rings. The molecule has 180 valence electrons. The van der Waals surface area contributed by atoms with E-state index in [9.17, 15) is 18.0 Å². The Bertz CT molecular complexity index is 1400. The van der Waals surface area contributed by atoms with E-state index in [-0.39, 0.29) is 24.0 Å². The lowest BCUT2D eigenvalue weighted by Crippen LogP contribution is -2.52. The van der Waals surface area contributed by atoms with Crippen LogP contribution >= 0.6 is 0 Å². The number of rotatable bonds is 6. The number of aryl methyl sites for hydroxylation is 2. The second-order valence-electron chi connectivity index (χ2n) is 9.25. The Morgan fingerprint density at radius 3 is 2.62 bits per heavy atom. The molecule has 2 atom stereocenters. The maximum Gasteiger partial charge on any atom is 0.328 e. The highest BCUT2D eigenvalue weighted by molar-refractivity contribution is 5.83. The fourth-order valence-electron chi connectivity index (χ4n) is 5.07. The number of imidazole rings is 1. The Kier molecular flexibility index (Phi) is 5.77. The summed E-state index contributed by atoms with van der Waals surface area (Å²) in [5.74, 6) is -3.18. The zero-order valence-electron chi connectivity index (χ0n) is 19.2. The van der Waals surface area contributed by atoms with Gasteiger partial charge in [0.15, 0.2) is 0 Å². The molecule has 0 radical (unpaired) electrons. The molecule has 5 rings (SSSR count). The smallest absolute Gasteiger partial charge is 0.328 e. The first kappa shape index (κ1) is 22.7. The quantitative estimate of drug-likeness (QED) is 0.399. The summed E-state index contributed by atoms with van der Waals surface area (Å²) in [7, 11) is 3.42. The number of hydrogen-bond donors (Lipinski definition) is 3. The van der Waals surface area contributed by atoms with Crippen LogP contribution in [0.25, 0.3) is 21.9 Å². The van der Waals surface area contributed by atoms with Crippen LogP contribution in [0.5, 0.6) is 0 Å². The first-order valence-corrected chi connectivity index (χ1v) is 11.5. The molecule has 0 bridgehead atoms. The molecule has 0 saturated heterocycles. The summed E-state index contributed by atoms with van der Waals surface area (Å²) in [6.07, 6.45) is 2.39. The number of fused-ring (bicyclic) bond motifs is 2. The van der Waals surface area contributed by atoms with Crippen molar-refractivity contribution in [2.75, 3.05) is 0 Å². The summed E-state index contributed by atoms with van der Waals surface area (Å²) in [6.45, 7) is 0.710. The summed E-state index contributed by atoms with van der Waals surface area (Å²) >= 11 is 0. The summed E-state index contributed by atoms with van der Waals surface area (Å²) in [6, 6.07) is 9.26. The van der Waals surface area contributed by atoms with Crippen LogP contribution < -0.4 is 16.3 Å². The van der Waals surface area contributed by atoms with E-state index in [2.05, 4.69) is 15.6 Å². The molecule has 0 aliphatic heterocycles. The largest absolute Gasteiger partial charge is 0.359 e. The summed E-state index contributed by atoms with van der Waals surface area (Å²) in [5, 5.41) is 7.05. The number of halogens is 3. The van der Waals surface area contributed by atoms with Gasteiger partial charge >= 0.3 is 5.69 Å². The highest BCUT2D eigenvalue weighted by atomic mass is 19.3. The number of nitrogens with zero attached hydrogens (tertiary/aromatic N) is 2. The van der Waals surface area contributed by atoms with Crippen LogP contribution in [0.15, 0.2) is 47.4 Å². The molecule has 2 aromatic heterocycles. The predicted molar refractivity (Wildman–Crippen MR) is 126 cm³/mol. The first-order chi connectivity index (χ1) is 16.2. The standard InChI is InChI=1S/C25H28F3N5O/c1-32-20-7-3-15(11-21(20)33(2)24(32)34)13-31-22-8-5-17(12-25(22,27)28)30-14-16-4-6-19(26)23-18(16)9-10-29-23/h3-4,6-7,9-11,17,22,29-31H,5,8,12-14H2,1-2H3/t17-,22-/m1/s1. The third-order valence-corrected chi connectivity index (χ3v) is 7.06. The predicted octanol–water partition coefficient (Wildman–Crippen LogP) is 3.93. The maximum atomic E-state index is 15.0. The van der Waals surface area contributed by atoms with Crippen molar-refractivity contribution in [2.24, 2.45) is 14.1 Å². The second kappa shape index (κ2) is 8.63. The van der Waals surface area contributed by atoms with Crippen LogP contribution in [0, 0.1) is 5.82 Å². The molecule has 2 aromatic carbocycles. The Balaban J connectivity index is 1.20. The van der Waals surface area contributed by atoms with Crippen molar-refractivity contribution in [3.63, 3.8) is 0 Å². The van der Waals surface area contributed by atoms with Gasteiger partial charge in [-0.25, -0.2) is 18.0 Å².